The van der Waals surface area contributed by atoms with E-state index in [1.54, 1.807) is 18.3 Å². The van der Waals surface area contributed by atoms with Gasteiger partial charge in [0.05, 0.1) is 23.8 Å². The highest BCUT2D eigenvalue weighted by Gasteiger charge is 2.38. The van der Waals surface area contributed by atoms with Gasteiger partial charge in [0, 0.05) is 25.0 Å². The first-order chi connectivity index (χ1) is 12.9. The van der Waals surface area contributed by atoms with Crippen molar-refractivity contribution >= 4 is 18.7 Å². The Hall–Kier alpha value is -2.56. The normalized spacial score (nSPS) is 17.2. The fraction of sp³-hybridized carbons (Fsp3) is 0.412. The lowest BCUT2D eigenvalue weighted by atomic mass is 9.64. The summed E-state index contributed by atoms with van der Waals surface area (Å²) in [6.07, 6.45) is 2.13. The SMILES string of the molecule is CC(=O)c1cccc2c1OB(O)C(CC(=O)[C@@H](N)Cn1cc(CN)nn1)C2. The van der Waals surface area contributed by atoms with Crippen molar-refractivity contribution in [3.05, 3.63) is 41.2 Å². The molecule has 2 aromatic rings. The van der Waals surface area contributed by atoms with E-state index in [1.807, 2.05) is 6.07 Å². The van der Waals surface area contributed by atoms with Crippen molar-refractivity contribution in [2.75, 3.05) is 0 Å². The number of rotatable bonds is 7. The minimum absolute atomic E-state index is 0.0600. The van der Waals surface area contributed by atoms with Crippen molar-refractivity contribution in [1.82, 2.24) is 15.0 Å². The molecule has 1 aromatic carbocycles. The van der Waals surface area contributed by atoms with E-state index in [-0.39, 0.29) is 31.1 Å². The van der Waals surface area contributed by atoms with Gasteiger partial charge in [0.1, 0.15) is 5.75 Å². The van der Waals surface area contributed by atoms with Gasteiger partial charge in [-0.05, 0) is 25.0 Å². The molecule has 3 rings (SSSR count). The average Bonchev–Trinajstić information content (AvgIpc) is 3.09. The molecule has 142 valence electrons. The summed E-state index contributed by atoms with van der Waals surface area (Å²) in [6.45, 7) is 1.89. The summed E-state index contributed by atoms with van der Waals surface area (Å²) < 4.78 is 7.03. The Morgan fingerprint density at radius 1 is 1.48 bits per heavy atom. The maximum atomic E-state index is 12.5. The smallest absolute Gasteiger partial charge is 0.526 e. The minimum Gasteiger partial charge on any atom is -0.535 e. The number of ketones is 2. The first-order valence-corrected chi connectivity index (χ1v) is 8.74. The number of aromatic nitrogens is 3. The van der Waals surface area contributed by atoms with Gasteiger partial charge in [-0.25, -0.2) is 0 Å². The molecule has 5 N–H and O–H groups in total. The van der Waals surface area contributed by atoms with Crippen molar-refractivity contribution in [3.8, 4) is 5.75 Å². The van der Waals surface area contributed by atoms with Gasteiger partial charge >= 0.3 is 7.12 Å². The van der Waals surface area contributed by atoms with E-state index < -0.39 is 19.0 Å². The van der Waals surface area contributed by atoms with Crippen LogP contribution in [0, 0.1) is 0 Å². The van der Waals surface area contributed by atoms with E-state index in [0.29, 0.717) is 23.4 Å². The third-order valence-electron chi connectivity index (χ3n) is 4.66. The quantitative estimate of drug-likeness (QED) is 0.445. The molecule has 2 heterocycles. The van der Waals surface area contributed by atoms with Crippen LogP contribution in [0.1, 0.15) is 35.0 Å². The largest absolute Gasteiger partial charge is 0.535 e. The highest BCUT2D eigenvalue weighted by atomic mass is 16.5. The topological polar surface area (TPSA) is 146 Å². The standard InChI is InChI=1S/C17H22BN5O4/c1-10(24)14-4-2-3-11-5-12(18(26)27-17(11)14)6-16(25)15(20)9-23-8-13(7-19)21-22-23/h2-4,8,12,15,26H,5-7,9,19-20H2,1H3/t12?,15-/m0/s1. The van der Waals surface area contributed by atoms with Gasteiger partial charge < -0.3 is 21.1 Å². The Labute approximate surface area is 156 Å². The molecule has 0 fully saturated rings. The zero-order valence-electron chi connectivity index (χ0n) is 15.0. The summed E-state index contributed by atoms with van der Waals surface area (Å²) in [5.41, 5.74) is 13.3. The molecule has 1 unspecified atom stereocenters. The first kappa shape index (κ1) is 19.2. The summed E-state index contributed by atoms with van der Waals surface area (Å²) in [5.74, 6) is -0.394. The molecule has 10 heteroatoms. The minimum atomic E-state index is -1.18. The van der Waals surface area contributed by atoms with Gasteiger partial charge in [-0.1, -0.05) is 17.3 Å². The fourth-order valence-corrected chi connectivity index (χ4v) is 3.17. The molecule has 0 radical (unpaired) electrons. The van der Waals surface area contributed by atoms with Crippen molar-refractivity contribution in [2.24, 2.45) is 11.5 Å². The number of para-hydroxylation sites is 1. The molecule has 2 atom stereocenters. The second-order valence-electron chi connectivity index (χ2n) is 6.74. The van der Waals surface area contributed by atoms with Gasteiger partial charge in [-0.15, -0.1) is 5.10 Å². The van der Waals surface area contributed by atoms with Crippen LogP contribution in [0.2, 0.25) is 5.82 Å². The molecule has 1 aromatic heterocycles. The number of hydrogen-bond acceptors (Lipinski definition) is 8. The predicted octanol–water partition coefficient (Wildman–Crippen LogP) is -0.288. The monoisotopic (exact) mass is 371 g/mol. The summed E-state index contributed by atoms with van der Waals surface area (Å²) in [6, 6.07) is 4.47. The number of nitrogens with zero attached hydrogens (tertiary/aromatic N) is 3. The van der Waals surface area contributed by atoms with Crippen LogP contribution in [0.4, 0.5) is 0 Å². The van der Waals surface area contributed by atoms with Crippen LogP contribution in [0.5, 0.6) is 5.75 Å². The van der Waals surface area contributed by atoms with Crippen molar-refractivity contribution in [2.45, 2.75) is 44.7 Å². The molecule has 9 nitrogen and oxygen atoms in total. The zero-order valence-corrected chi connectivity index (χ0v) is 15.0. The molecule has 0 saturated carbocycles. The summed E-state index contributed by atoms with van der Waals surface area (Å²) in [5, 5.41) is 18.0. The molecule has 0 saturated heterocycles. The van der Waals surface area contributed by atoms with E-state index in [9.17, 15) is 14.6 Å². The maximum absolute atomic E-state index is 12.5. The molecule has 1 aliphatic heterocycles. The maximum Gasteiger partial charge on any atom is 0.526 e. The van der Waals surface area contributed by atoms with E-state index in [2.05, 4.69) is 10.3 Å². The Kier molecular flexibility index (Phi) is 5.69. The van der Waals surface area contributed by atoms with Crippen LogP contribution in [0.15, 0.2) is 24.4 Å². The molecule has 0 bridgehead atoms. The fourth-order valence-electron chi connectivity index (χ4n) is 3.17. The Balaban J connectivity index is 1.66. The number of nitrogens with two attached hydrogens (primary N) is 2. The van der Waals surface area contributed by atoms with E-state index >= 15 is 0 Å². The molecular formula is C17H22BN5O4. The lowest BCUT2D eigenvalue weighted by Gasteiger charge is -2.28. The van der Waals surface area contributed by atoms with Crippen LogP contribution in [0.3, 0.4) is 0 Å². The van der Waals surface area contributed by atoms with Gasteiger partial charge in [0.2, 0.25) is 0 Å². The van der Waals surface area contributed by atoms with Crippen LogP contribution in [0.25, 0.3) is 0 Å². The van der Waals surface area contributed by atoms with Gasteiger partial charge in [0.15, 0.2) is 11.6 Å². The van der Waals surface area contributed by atoms with Crippen molar-refractivity contribution < 1.29 is 19.3 Å². The number of carbonyl (C=O) groups is 2. The van der Waals surface area contributed by atoms with E-state index in [0.717, 1.165) is 5.56 Å². The highest BCUT2D eigenvalue weighted by molar-refractivity contribution is 6.47. The lowest BCUT2D eigenvalue weighted by Crippen LogP contribution is -2.40. The first-order valence-electron chi connectivity index (χ1n) is 8.74. The van der Waals surface area contributed by atoms with Gasteiger partial charge in [0.25, 0.3) is 0 Å². The van der Waals surface area contributed by atoms with Crippen LogP contribution in [-0.4, -0.2) is 44.7 Å². The second kappa shape index (κ2) is 7.99. The van der Waals surface area contributed by atoms with Crippen molar-refractivity contribution in [3.63, 3.8) is 0 Å². The summed E-state index contributed by atoms with van der Waals surface area (Å²) in [7, 11) is -1.18. The molecule has 27 heavy (non-hydrogen) atoms. The predicted molar refractivity (Wildman–Crippen MR) is 98.0 cm³/mol. The number of fused-ring (bicyclic) bond motifs is 1. The Bertz CT molecular complexity index is 856. The van der Waals surface area contributed by atoms with Crippen molar-refractivity contribution in [1.29, 1.82) is 0 Å². The average molecular weight is 371 g/mol. The molecule has 0 spiro atoms. The summed E-state index contributed by atoms with van der Waals surface area (Å²) in [4.78, 5) is 24.2. The van der Waals surface area contributed by atoms with Gasteiger partial charge in [-0.3, -0.25) is 14.3 Å². The second-order valence-corrected chi connectivity index (χ2v) is 6.74. The number of hydrogen-bond donors (Lipinski definition) is 3. The van der Waals surface area contributed by atoms with E-state index in [4.69, 9.17) is 16.1 Å². The number of benzene rings is 1. The summed E-state index contributed by atoms with van der Waals surface area (Å²) >= 11 is 0. The van der Waals surface area contributed by atoms with Crippen LogP contribution < -0.4 is 16.1 Å². The van der Waals surface area contributed by atoms with E-state index in [1.165, 1.54) is 11.6 Å². The third kappa shape index (κ3) is 4.24. The lowest BCUT2D eigenvalue weighted by molar-refractivity contribution is -0.120. The highest BCUT2D eigenvalue weighted by Crippen LogP contribution is 2.36. The molecule has 0 amide bonds. The Morgan fingerprint density at radius 3 is 2.93 bits per heavy atom. The Morgan fingerprint density at radius 2 is 2.26 bits per heavy atom. The molecule has 0 aliphatic carbocycles. The number of carbonyl (C=O) groups excluding carboxylic acids is 2. The number of Topliss-reactive ketones (excluding diaryl/α,β-unsaturated/α-hetero) is 2. The van der Waals surface area contributed by atoms with Crippen LogP contribution >= 0.6 is 0 Å². The molecule has 1 aliphatic rings. The van der Waals surface area contributed by atoms with Crippen LogP contribution in [-0.2, 0) is 24.3 Å². The van der Waals surface area contributed by atoms with Gasteiger partial charge in [-0.2, -0.15) is 0 Å². The third-order valence-corrected chi connectivity index (χ3v) is 4.66. The zero-order chi connectivity index (χ0) is 19.6. The molecular weight excluding hydrogens is 349 g/mol.